The van der Waals surface area contributed by atoms with E-state index in [4.69, 9.17) is 11.1 Å². The topological polar surface area (TPSA) is 96.0 Å². The molecule has 3 rings (SSSR count). The van der Waals surface area contributed by atoms with Crippen molar-refractivity contribution in [1.82, 2.24) is 5.32 Å². The Morgan fingerprint density at radius 2 is 1.88 bits per heavy atom. The quantitative estimate of drug-likeness (QED) is 0.307. The lowest BCUT2D eigenvalue weighted by atomic mass is 10.1. The third-order valence-electron chi connectivity index (χ3n) is 4.34. The average molecular weight is 357 g/mol. The molecule has 0 aliphatic heterocycles. The van der Waals surface area contributed by atoms with Crippen LogP contribution in [0.1, 0.15) is 30.4 Å². The number of nitrogens with one attached hydrogen (secondary N) is 2. The molecule has 0 spiro atoms. The van der Waals surface area contributed by atoms with Crippen molar-refractivity contribution in [2.24, 2.45) is 0 Å². The van der Waals surface area contributed by atoms with Crippen molar-refractivity contribution in [1.29, 1.82) is 5.41 Å². The number of hydrogen-bond acceptors (Lipinski definition) is 5. The van der Waals surface area contributed by atoms with Gasteiger partial charge >= 0.3 is 0 Å². The molecular formula is C19H23N3O2S. The van der Waals surface area contributed by atoms with Gasteiger partial charge in [0, 0.05) is 17.3 Å². The van der Waals surface area contributed by atoms with Gasteiger partial charge in [-0.25, -0.2) is 8.42 Å². The van der Waals surface area contributed by atoms with E-state index in [1.54, 1.807) is 30.3 Å². The van der Waals surface area contributed by atoms with Crippen LogP contribution in [0.5, 0.6) is 0 Å². The Labute approximate surface area is 148 Å². The molecule has 0 saturated heterocycles. The molecule has 0 unspecified atom stereocenters. The van der Waals surface area contributed by atoms with E-state index in [0.717, 1.165) is 24.9 Å². The van der Waals surface area contributed by atoms with Gasteiger partial charge in [0.15, 0.2) is 5.04 Å². The second-order valence-corrected chi connectivity index (χ2v) is 8.29. The summed E-state index contributed by atoms with van der Waals surface area (Å²) in [6, 6.07) is 14.0. The van der Waals surface area contributed by atoms with E-state index in [2.05, 4.69) is 5.32 Å². The zero-order chi connectivity index (χ0) is 17.9. The molecule has 2 aromatic rings. The molecule has 25 heavy (non-hydrogen) atoms. The fraction of sp³-hybridized carbons (Fsp3) is 0.316. The van der Waals surface area contributed by atoms with Crippen LogP contribution in [0, 0.1) is 5.41 Å². The predicted molar refractivity (Wildman–Crippen MR) is 101 cm³/mol. The predicted octanol–water partition coefficient (Wildman–Crippen LogP) is 2.75. The summed E-state index contributed by atoms with van der Waals surface area (Å²) in [5, 5.41) is 11.2. The van der Waals surface area contributed by atoms with Gasteiger partial charge in [0.05, 0.1) is 4.90 Å². The van der Waals surface area contributed by atoms with Gasteiger partial charge in [-0.2, -0.15) is 0 Å². The van der Waals surface area contributed by atoms with E-state index in [0.29, 0.717) is 11.7 Å². The molecule has 1 fully saturated rings. The smallest absolute Gasteiger partial charge is 0.223 e. The Morgan fingerprint density at radius 1 is 1.16 bits per heavy atom. The minimum absolute atomic E-state index is 0.110. The number of sulfone groups is 1. The zero-order valence-electron chi connectivity index (χ0n) is 14.0. The van der Waals surface area contributed by atoms with Gasteiger partial charge in [0.1, 0.15) is 0 Å². The molecule has 0 amide bonds. The Morgan fingerprint density at radius 3 is 2.56 bits per heavy atom. The molecular weight excluding hydrogens is 334 g/mol. The molecule has 1 aliphatic carbocycles. The molecule has 0 atom stereocenters. The largest absolute Gasteiger partial charge is 0.398 e. The van der Waals surface area contributed by atoms with Gasteiger partial charge in [-0.15, -0.1) is 0 Å². The second kappa shape index (κ2) is 7.37. The Bertz CT molecular complexity index is 859. The highest BCUT2D eigenvalue weighted by Gasteiger charge is 2.24. The lowest BCUT2D eigenvalue weighted by Crippen LogP contribution is -2.18. The third kappa shape index (κ3) is 4.27. The number of benzene rings is 2. The van der Waals surface area contributed by atoms with Crippen LogP contribution in [-0.4, -0.2) is 26.0 Å². The fourth-order valence-corrected chi connectivity index (χ4v) is 3.92. The van der Waals surface area contributed by atoms with E-state index in [1.807, 2.05) is 6.07 Å². The molecule has 0 bridgehead atoms. The van der Waals surface area contributed by atoms with E-state index in [-0.39, 0.29) is 10.5 Å². The third-order valence-corrected chi connectivity index (χ3v) is 5.99. The van der Waals surface area contributed by atoms with Crippen LogP contribution < -0.4 is 11.1 Å². The number of anilines is 1. The van der Waals surface area contributed by atoms with Gasteiger partial charge in [-0.3, -0.25) is 5.41 Å². The maximum absolute atomic E-state index is 12.6. The van der Waals surface area contributed by atoms with Crippen molar-refractivity contribution in [2.45, 2.75) is 36.6 Å². The number of aryl methyl sites for hydroxylation is 1. The van der Waals surface area contributed by atoms with E-state index >= 15 is 0 Å². The lowest BCUT2D eigenvalue weighted by molar-refractivity contribution is 0.607. The molecule has 0 heterocycles. The molecule has 6 heteroatoms. The van der Waals surface area contributed by atoms with Gasteiger partial charge in [-0.05, 0) is 62.1 Å². The first-order valence-electron chi connectivity index (χ1n) is 8.49. The van der Waals surface area contributed by atoms with Crippen LogP contribution in [-0.2, 0) is 16.3 Å². The summed E-state index contributed by atoms with van der Waals surface area (Å²) >= 11 is 0. The second-order valence-electron chi connectivity index (χ2n) is 6.40. The summed E-state index contributed by atoms with van der Waals surface area (Å²) in [4.78, 5) is 0.110. The molecule has 4 N–H and O–H groups in total. The van der Waals surface area contributed by atoms with Crippen molar-refractivity contribution in [3.05, 3.63) is 59.7 Å². The van der Waals surface area contributed by atoms with Crippen molar-refractivity contribution >= 4 is 20.6 Å². The maximum Gasteiger partial charge on any atom is 0.223 e. The number of nitrogen functional groups attached to an aromatic ring is 1. The zero-order valence-corrected chi connectivity index (χ0v) is 14.9. The fourth-order valence-electron chi connectivity index (χ4n) is 2.70. The van der Waals surface area contributed by atoms with Crippen LogP contribution in [0.25, 0.3) is 0 Å². The normalized spacial score (nSPS) is 14.4. The minimum Gasteiger partial charge on any atom is -0.398 e. The SMILES string of the molecule is N=C(c1cc(CCCNC2CC2)ccc1N)S(=O)(=O)c1ccccc1. The van der Waals surface area contributed by atoms with Crippen LogP contribution in [0.2, 0.25) is 0 Å². The van der Waals surface area contributed by atoms with E-state index < -0.39 is 14.9 Å². The number of hydrogen-bond donors (Lipinski definition) is 3. The van der Waals surface area contributed by atoms with Gasteiger partial charge < -0.3 is 11.1 Å². The first-order valence-corrected chi connectivity index (χ1v) is 9.97. The highest BCUT2D eigenvalue weighted by molar-refractivity contribution is 8.06. The van der Waals surface area contributed by atoms with Gasteiger partial charge in [0.2, 0.25) is 9.84 Å². The Hall–Kier alpha value is -2.18. The standard InChI is InChI=1S/C19H23N3O2S/c20-18-11-8-14(5-4-12-22-15-9-10-15)13-17(18)19(21)25(23,24)16-6-2-1-3-7-16/h1-3,6-8,11,13,15,21-22H,4-5,9-10,12,20H2. The first kappa shape index (κ1) is 17.6. The Kier molecular flexibility index (Phi) is 5.20. The van der Waals surface area contributed by atoms with E-state index in [1.165, 1.54) is 25.0 Å². The summed E-state index contributed by atoms with van der Waals surface area (Å²) in [5.74, 6) is 0. The Balaban J connectivity index is 1.76. The average Bonchev–Trinajstić information content (AvgIpc) is 3.44. The maximum atomic E-state index is 12.6. The molecule has 5 nitrogen and oxygen atoms in total. The van der Waals surface area contributed by atoms with Crippen LogP contribution in [0.15, 0.2) is 53.4 Å². The molecule has 1 saturated carbocycles. The first-order chi connectivity index (χ1) is 12.0. The summed E-state index contributed by atoms with van der Waals surface area (Å²) in [6.45, 7) is 0.949. The molecule has 1 aliphatic rings. The molecule has 0 aromatic heterocycles. The van der Waals surface area contributed by atoms with Crippen molar-refractivity contribution in [3.63, 3.8) is 0 Å². The summed E-state index contributed by atoms with van der Waals surface area (Å²) in [7, 11) is -3.87. The highest BCUT2D eigenvalue weighted by atomic mass is 32.2. The van der Waals surface area contributed by atoms with Crippen molar-refractivity contribution in [3.8, 4) is 0 Å². The minimum atomic E-state index is -3.87. The van der Waals surface area contributed by atoms with Crippen LogP contribution in [0.3, 0.4) is 0 Å². The van der Waals surface area contributed by atoms with E-state index in [9.17, 15) is 8.42 Å². The molecule has 132 valence electrons. The van der Waals surface area contributed by atoms with Crippen molar-refractivity contribution in [2.75, 3.05) is 12.3 Å². The highest BCUT2D eigenvalue weighted by Crippen LogP contribution is 2.22. The molecule has 0 radical (unpaired) electrons. The summed E-state index contributed by atoms with van der Waals surface area (Å²) < 4.78 is 25.3. The van der Waals surface area contributed by atoms with Gasteiger partial charge in [-0.1, -0.05) is 24.3 Å². The lowest BCUT2D eigenvalue weighted by Gasteiger charge is -2.11. The van der Waals surface area contributed by atoms with Gasteiger partial charge in [0.25, 0.3) is 0 Å². The summed E-state index contributed by atoms with van der Waals surface area (Å²) in [5.41, 5.74) is 7.53. The van der Waals surface area contributed by atoms with Crippen molar-refractivity contribution < 1.29 is 8.42 Å². The number of nitrogens with two attached hydrogens (primary N) is 1. The monoisotopic (exact) mass is 357 g/mol. The summed E-state index contributed by atoms with van der Waals surface area (Å²) in [6.07, 6.45) is 4.32. The molecule has 2 aromatic carbocycles. The van der Waals surface area contributed by atoms with Crippen LogP contribution >= 0.6 is 0 Å². The number of rotatable bonds is 7. The van der Waals surface area contributed by atoms with Crippen LogP contribution in [0.4, 0.5) is 5.69 Å².